The monoisotopic (exact) mass is 325 g/mol. The highest BCUT2D eigenvalue weighted by atomic mass is 32.2. The largest absolute Gasteiger partial charge is 0.272 e. The lowest BCUT2D eigenvalue weighted by atomic mass is 10.2. The van der Waals surface area contributed by atoms with Crippen LogP contribution < -0.4 is 0 Å². The second-order valence-corrected chi connectivity index (χ2v) is 7.30. The van der Waals surface area contributed by atoms with E-state index in [0.717, 1.165) is 23.5 Å². The van der Waals surface area contributed by atoms with Crippen molar-refractivity contribution in [2.24, 2.45) is 0 Å². The maximum absolute atomic E-state index is 12.6. The van der Waals surface area contributed by atoms with E-state index in [4.69, 9.17) is 0 Å². The Hall–Kier alpha value is -1.67. The van der Waals surface area contributed by atoms with Crippen molar-refractivity contribution in [3.05, 3.63) is 29.3 Å². The Kier molecular flexibility index (Phi) is 4.72. The van der Waals surface area contributed by atoms with E-state index in [-0.39, 0.29) is 4.90 Å². The van der Waals surface area contributed by atoms with Gasteiger partial charge in [-0.15, -0.1) is 0 Å². The van der Waals surface area contributed by atoms with E-state index in [2.05, 4.69) is 10.2 Å². The molecule has 0 aliphatic carbocycles. The zero-order valence-electron chi connectivity index (χ0n) is 13.7. The van der Waals surface area contributed by atoms with Crippen LogP contribution >= 0.6 is 0 Å². The first-order chi connectivity index (χ1) is 10.3. The highest BCUT2D eigenvalue weighted by Crippen LogP contribution is 2.20. The highest BCUT2D eigenvalue weighted by Gasteiger charge is 2.24. The van der Waals surface area contributed by atoms with E-state index >= 15 is 0 Å². The molecule has 0 fully saturated rings. The van der Waals surface area contributed by atoms with E-state index in [1.54, 1.807) is 17.9 Å². The van der Waals surface area contributed by atoms with Gasteiger partial charge in [-0.25, -0.2) is 8.42 Å². The van der Waals surface area contributed by atoms with Crippen LogP contribution in [0.2, 0.25) is 0 Å². The molecule has 0 spiro atoms. The summed E-state index contributed by atoms with van der Waals surface area (Å²) in [6.45, 7) is 9.52. The molecule has 0 aromatic carbocycles. The molecule has 7 nitrogen and oxygen atoms in total. The lowest BCUT2D eigenvalue weighted by Crippen LogP contribution is -2.26. The van der Waals surface area contributed by atoms with Gasteiger partial charge in [-0.3, -0.25) is 9.36 Å². The van der Waals surface area contributed by atoms with Crippen LogP contribution in [-0.2, 0) is 29.7 Å². The summed E-state index contributed by atoms with van der Waals surface area (Å²) < 4.78 is 30.1. The summed E-state index contributed by atoms with van der Waals surface area (Å²) >= 11 is 0. The molecular weight excluding hydrogens is 302 g/mol. The van der Waals surface area contributed by atoms with Gasteiger partial charge < -0.3 is 0 Å². The minimum atomic E-state index is -3.54. The molecule has 8 heteroatoms. The van der Waals surface area contributed by atoms with E-state index < -0.39 is 10.0 Å². The van der Waals surface area contributed by atoms with Crippen molar-refractivity contribution in [1.82, 2.24) is 23.9 Å². The van der Waals surface area contributed by atoms with Gasteiger partial charge in [0.2, 0.25) is 10.0 Å². The number of sulfonamides is 1. The van der Waals surface area contributed by atoms with Crippen molar-refractivity contribution in [3.63, 3.8) is 0 Å². The highest BCUT2D eigenvalue weighted by molar-refractivity contribution is 7.89. The maximum atomic E-state index is 12.6. The Morgan fingerprint density at radius 1 is 1.23 bits per heavy atom. The van der Waals surface area contributed by atoms with Gasteiger partial charge in [0, 0.05) is 44.1 Å². The molecule has 0 unspecified atom stereocenters. The summed E-state index contributed by atoms with van der Waals surface area (Å²) in [5.41, 5.74) is 2.83. The molecule has 0 aliphatic rings. The Labute approximate surface area is 131 Å². The normalized spacial score (nSPS) is 12.3. The first-order valence-electron chi connectivity index (χ1n) is 7.32. The van der Waals surface area contributed by atoms with Crippen molar-refractivity contribution in [2.45, 2.75) is 52.2 Å². The predicted molar refractivity (Wildman–Crippen MR) is 83.9 cm³/mol. The van der Waals surface area contributed by atoms with Crippen LogP contribution in [0.5, 0.6) is 0 Å². The SMILES string of the molecule is CCn1cc(S(=O)(=O)N(C)Cc2c(C)nn(CC)c2C)cn1. The molecule has 0 saturated carbocycles. The third kappa shape index (κ3) is 2.93. The molecular formula is C14H23N5O2S. The smallest absolute Gasteiger partial charge is 0.246 e. The molecule has 22 heavy (non-hydrogen) atoms. The van der Waals surface area contributed by atoms with E-state index in [1.807, 2.05) is 32.4 Å². The number of aromatic nitrogens is 4. The van der Waals surface area contributed by atoms with Crippen LogP contribution in [0.3, 0.4) is 0 Å². The Morgan fingerprint density at radius 2 is 1.91 bits per heavy atom. The van der Waals surface area contributed by atoms with Crippen LogP contribution in [-0.4, -0.2) is 39.3 Å². The van der Waals surface area contributed by atoms with Gasteiger partial charge in [-0.05, 0) is 27.7 Å². The molecule has 2 aromatic rings. The zero-order valence-corrected chi connectivity index (χ0v) is 14.6. The summed E-state index contributed by atoms with van der Waals surface area (Å²) in [6, 6.07) is 0. The summed E-state index contributed by atoms with van der Waals surface area (Å²) in [5.74, 6) is 0. The van der Waals surface area contributed by atoms with Gasteiger partial charge in [0.05, 0.1) is 11.9 Å². The van der Waals surface area contributed by atoms with Crippen molar-refractivity contribution in [1.29, 1.82) is 0 Å². The molecule has 0 N–H and O–H groups in total. The number of aryl methyl sites for hydroxylation is 3. The fraction of sp³-hybridized carbons (Fsp3) is 0.571. The zero-order chi connectivity index (χ0) is 16.5. The van der Waals surface area contributed by atoms with Gasteiger partial charge >= 0.3 is 0 Å². The molecule has 0 amide bonds. The minimum Gasteiger partial charge on any atom is -0.272 e. The average molecular weight is 325 g/mol. The Morgan fingerprint density at radius 3 is 2.41 bits per heavy atom. The van der Waals surface area contributed by atoms with E-state index in [1.165, 1.54) is 10.5 Å². The van der Waals surface area contributed by atoms with Gasteiger partial charge in [0.25, 0.3) is 0 Å². The van der Waals surface area contributed by atoms with Crippen molar-refractivity contribution in [2.75, 3.05) is 7.05 Å². The van der Waals surface area contributed by atoms with Gasteiger partial charge in [-0.1, -0.05) is 0 Å². The predicted octanol–water partition coefficient (Wildman–Crippen LogP) is 1.56. The maximum Gasteiger partial charge on any atom is 0.246 e. The molecule has 0 aliphatic heterocycles. The second-order valence-electron chi connectivity index (χ2n) is 5.26. The summed E-state index contributed by atoms with van der Waals surface area (Å²) in [6.07, 6.45) is 2.95. The standard InChI is InChI=1S/C14H23N5O2S/c1-6-18-9-13(8-15-18)22(20,21)17(5)10-14-11(3)16-19(7-2)12(14)4/h8-9H,6-7,10H2,1-5H3. The molecule has 2 aromatic heterocycles. The first-order valence-corrected chi connectivity index (χ1v) is 8.76. The number of hydrogen-bond acceptors (Lipinski definition) is 4. The first kappa shape index (κ1) is 16.7. The van der Waals surface area contributed by atoms with E-state index in [0.29, 0.717) is 13.1 Å². The van der Waals surface area contributed by atoms with Crippen molar-refractivity contribution < 1.29 is 8.42 Å². The molecule has 0 saturated heterocycles. The fourth-order valence-electron chi connectivity index (χ4n) is 2.41. The number of nitrogens with zero attached hydrogens (tertiary/aromatic N) is 5. The van der Waals surface area contributed by atoms with E-state index in [9.17, 15) is 8.42 Å². The Bertz CT molecular complexity index is 760. The van der Waals surface area contributed by atoms with Crippen LogP contribution in [0.25, 0.3) is 0 Å². The molecule has 0 atom stereocenters. The molecule has 2 heterocycles. The van der Waals surface area contributed by atoms with Crippen molar-refractivity contribution >= 4 is 10.0 Å². The molecule has 0 bridgehead atoms. The second kappa shape index (κ2) is 6.21. The van der Waals surface area contributed by atoms with Gasteiger partial charge in [0.15, 0.2) is 0 Å². The molecule has 2 rings (SSSR count). The summed E-state index contributed by atoms with van der Waals surface area (Å²) in [7, 11) is -1.96. The third-order valence-electron chi connectivity index (χ3n) is 3.85. The summed E-state index contributed by atoms with van der Waals surface area (Å²) in [4.78, 5) is 0.218. The van der Waals surface area contributed by atoms with Crippen LogP contribution in [0, 0.1) is 13.8 Å². The fourth-order valence-corrected chi connectivity index (χ4v) is 3.50. The number of rotatable bonds is 6. The Balaban J connectivity index is 2.28. The van der Waals surface area contributed by atoms with Gasteiger partial charge in [0.1, 0.15) is 4.90 Å². The van der Waals surface area contributed by atoms with Crippen molar-refractivity contribution in [3.8, 4) is 0 Å². The van der Waals surface area contributed by atoms with Crippen LogP contribution in [0.15, 0.2) is 17.3 Å². The quantitative estimate of drug-likeness (QED) is 0.808. The lowest BCUT2D eigenvalue weighted by molar-refractivity contribution is 0.464. The minimum absolute atomic E-state index is 0.218. The lowest BCUT2D eigenvalue weighted by Gasteiger charge is -2.16. The average Bonchev–Trinajstić information content (AvgIpc) is 3.07. The number of hydrogen-bond donors (Lipinski definition) is 0. The van der Waals surface area contributed by atoms with Crippen LogP contribution in [0.4, 0.5) is 0 Å². The van der Waals surface area contributed by atoms with Gasteiger partial charge in [-0.2, -0.15) is 14.5 Å². The molecule has 0 radical (unpaired) electrons. The van der Waals surface area contributed by atoms with Crippen LogP contribution in [0.1, 0.15) is 30.8 Å². The summed E-state index contributed by atoms with van der Waals surface area (Å²) in [5, 5.41) is 8.47. The third-order valence-corrected chi connectivity index (χ3v) is 5.61. The molecule has 122 valence electrons. The topological polar surface area (TPSA) is 73.0 Å².